The van der Waals surface area contributed by atoms with Crippen LogP contribution in [0.4, 0.5) is 4.79 Å². The van der Waals surface area contributed by atoms with Gasteiger partial charge in [0.25, 0.3) is 5.56 Å². The number of piperazine rings is 1. The second kappa shape index (κ2) is 19.8. The van der Waals surface area contributed by atoms with Gasteiger partial charge >= 0.3 is 6.09 Å². The molecule has 3 fully saturated rings. The summed E-state index contributed by atoms with van der Waals surface area (Å²) in [6, 6.07) is 18.8. The van der Waals surface area contributed by atoms with Crippen LogP contribution in [0.5, 0.6) is 5.75 Å². The van der Waals surface area contributed by atoms with Crippen molar-refractivity contribution in [3.63, 3.8) is 0 Å². The van der Waals surface area contributed by atoms with Crippen molar-refractivity contribution in [3.8, 4) is 16.2 Å². The standard InChI is InChI=1S/C50H63BrN8O5S/c1-33-46(65-32-52-33)36-15-13-35(14-16-36)40(53-49(61)64-50(2,3)4)31-62-27-25-56-19-17-34(18-20-56)38-29-42-43(30-44(38)63-28-26-57-23-21-55(5)22-24-57)59-41-12-8-11-39(51)45(41)47(60)54-48(59)58(42)37-9-6-7-10-37/h8,11-16,29-30,32,34,37,40H,6-7,9-10,17-28,31H2,1-5H3,(H,53,61)/t40-/m0/s1. The molecule has 2 saturated heterocycles. The van der Waals surface area contributed by atoms with Crippen LogP contribution >= 0.6 is 27.3 Å². The number of nitrogens with one attached hydrogen (secondary N) is 1. The minimum Gasteiger partial charge on any atom is -0.492 e. The number of likely N-dealkylation sites (tertiary alicyclic amines) is 1. The molecule has 13 nitrogen and oxygen atoms in total. The van der Waals surface area contributed by atoms with Crippen LogP contribution < -0.4 is 15.6 Å². The first-order valence-corrected chi connectivity index (χ1v) is 25.1. The number of benzene rings is 3. The Morgan fingerprint density at radius 3 is 2.34 bits per heavy atom. The van der Waals surface area contributed by atoms with E-state index in [1.807, 2.05) is 51.4 Å². The zero-order valence-electron chi connectivity index (χ0n) is 38.5. The van der Waals surface area contributed by atoms with Crippen molar-refractivity contribution >= 4 is 61.1 Å². The van der Waals surface area contributed by atoms with Gasteiger partial charge in [-0.2, -0.15) is 4.98 Å². The Balaban J connectivity index is 0.926. The van der Waals surface area contributed by atoms with Crippen LogP contribution in [0, 0.1) is 6.92 Å². The molecular formula is C50H63BrN8O5S. The van der Waals surface area contributed by atoms with Crippen molar-refractivity contribution in [1.82, 2.24) is 39.0 Å². The highest BCUT2D eigenvalue weighted by atomic mass is 79.9. The highest BCUT2D eigenvalue weighted by Gasteiger charge is 2.30. The number of fused-ring (bicyclic) bond motifs is 5. The van der Waals surface area contributed by atoms with Gasteiger partial charge in [0.1, 0.15) is 18.0 Å². The van der Waals surface area contributed by atoms with Crippen LogP contribution in [0.3, 0.4) is 0 Å². The average Bonchev–Trinajstić information content (AvgIpc) is 4.04. The number of aromatic nitrogens is 4. The second-order valence-corrected chi connectivity index (χ2v) is 20.9. The highest BCUT2D eigenvalue weighted by Crippen LogP contribution is 2.42. The molecular weight excluding hydrogens is 905 g/mol. The quantitative estimate of drug-likeness (QED) is 0.106. The third-order valence-corrected chi connectivity index (χ3v) is 15.1. The number of halogens is 1. The molecule has 0 radical (unpaired) electrons. The summed E-state index contributed by atoms with van der Waals surface area (Å²) in [5, 5.41) is 3.66. The number of piperidine rings is 1. The van der Waals surface area contributed by atoms with Crippen LogP contribution in [0.1, 0.15) is 94.1 Å². The monoisotopic (exact) mass is 966 g/mol. The molecule has 9 rings (SSSR count). The van der Waals surface area contributed by atoms with Gasteiger partial charge in [0.15, 0.2) is 0 Å². The summed E-state index contributed by atoms with van der Waals surface area (Å²) in [6.07, 6.45) is 6.00. The van der Waals surface area contributed by atoms with Crippen molar-refractivity contribution in [2.45, 2.75) is 89.8 Å². The minimum absolute atomic E-state index is 0.207. The van der Waals surface area contributed by atoms with Crippen molar-refractivity contribution in [3.05, 3.63) is 91.8 Å². The van der Waals surface area contributed by atoms with E-state index in [9.17, 15) is 9.59 Å². The Labute approximate surface area is 394 Å². The summed E-state index contributed by atoms with van der Waals surface area (Å²) >= 11 is 5.29. The lowest BCUT2D eigenvalue weighted by molar-refractivity contribution is 0.0414. The van der Waals surface area contributed by atoms with E-state index in [1.54, 1.807) is 11.3 Å². The number of alkyl carbamates (subject to hydrolysis) is 1. The van der Waals surface area contributed by atoms with Crippen molar-refractivity contribution in [2.24, 2.45) is 0 Å². The molecule has 5 heterocycles. The molecule has 1 N–H and O–H groups in total. The third-order valence-electron chi connectivity index (χ3n) is 13.5. The number of imidazole rings is 1. The molecule has 3 aliphatic rings. The fourth-order valence-corrected chi connectivity index (χ4v) is 11.3. The maximum atomic E-state index is 13.7. The van der Waals surface area contributed by atoms with E-state index in [0.717, 1.165) is 127 Å². The smallest absolute Gasteiger partial charge is 0.408 e. The van der Waals surface area contributed by atoms with E-state index in [4.69, 9.17) is 19.2 Å². The highest BCUT2D eigenvalue weighted by molar-refractivity contribution is 9.10. The Hall–Kier alpha value is -4.38. The van der Waals surface area contributed by atoms with Gasteiger partial charge in [0, 0.05) is 55.8 Å². The maximum Gasteiger partial charge on any atom is 0.408 e. The summed E-state index contributed by atoms with van der Waals surface area (Å²) in [7, 11) is 2.19. The number of amides is 1. The summed E-state index contributed by atoms with van der Waals surface area (Å²) < 4.78 is 24.2. The molecule has 6 aromatic rings. The van der Waals surface area contributed by atoms with Gasteiger partial charge in [-0.15, -0.1) is 11.3 Å². The van der Waals surface area contributed by atoms with Crippen LogP contribution in [-0.4, -0.2) is 125 Å². The number of rotatable bonds is 14. The number of carbonyl (C=O) groups is 1. The van der Waals surface area contributed by atoms with Gasteiger partial charge in [0.2, 0.25) is 5.78 Å². The molecule has 3 aromatic heterocycles. The van der Waals surface area contributed by atoms with E-state index < -0.39 is 11.7 Å². The lowest BCUT2D eigenvalue weighted by Gasteiger charge is -2.33. The van der Waals surface area contributed by atoms with Crippen molar-refractivity contribution in [2.75, 3.05) is 79.2 Å². The van der Waals surface area contributed by atoms with E-state index in [2.05, 4.69) is 93.3 Å². The van der Waals surface area contributed by atoms with Crippen molar-refractivity contribution in [1.29, 1.82) is 0 Å². The molecule has 1 aliphatic carbocycles. The molecule has 0 bridgehead atoms. The number of nitrogens with zero attached hydrogens (tertiary/aromatic N) is 7. The van der Waals surface area contributed by atoms with E-state index >= 15 is 0 Å². The first kappa shape index (κ1) is 45.8. The molecule has 1 saturated carbocycles. The number of carbonyl (C=O) groups excluding carboxylic acids is 1. The molecule has 0 unspecified atom stereocenters. The largest absolute Gasteiger partial charge is 0.492 e. The van der Waals surface area contributed by atoms with Gasteiger partial charge in [0.05, 0.1) is 57.3 Å². The Bertz CT molecular complexity index is 2670. The first-order valence-electron chi connectivity index (χ1n) is 23.4. The van der Waals surface area contributed by atoms with Gasteiger partial charge < -0.3 is 33.9 Å². The molecule has 15 heteroatoms. The Morgan fingerprint density at radius 1 is 0.908 bits per heavy atom. The summed E-state index contributed by atoms with van der Waals surface area (Å²) in [4.78, 5) is 44.4. The summed E-state index contributed by atoms with van der Waals surface area (Å²) in [5.41, 5.74) is 8.36. The fraction of sp³-hybridized carbons (Fsp3) is 0.520. The normalized spacial score (nSPS) is 18.0. The average molecular weight is 968 g/mol. The van der Waals surface area contributed by atoms with E-state index in [1.165, 1.54) is 18.4 Å². The zero-order valence-corrected chi connectivity index (χ0v) is 40.9. The lowest BCUT2D eigenvalue weighted by Crippen LogP contribution is -2.45. The molecule has 1 atom stereocenters. The Kier molecular flexibility index (Phi) is 14.0. The van der Waals surface area contributed by atoms with Gasteiger partial charge in [-0.1, -0.05) is 43.2 Å². The van der Waals surface area contributed by atoms with Crippen LogP contribution in [0.2, 0.25) is 0 Å². The van der Waals surface area contributed by atoms with E-state index in [-0.39, 0.29) is 17.6 Å². The number of thiazole rings is 1. The summed E-state index contributed by atoms with van der Waals surface area (Å²) in [5.74, 6) is 1.95. The van der Waals surface area contributed by atoms with Gasteiger partial charge in [-0.05, 0) is 130 Å². The molecule has 1 amide bonds. The molecule has 2 aliphatic heterocycles. The molecule has 3 aromatic carbocycles. The minimum atomic E-state index is -0.614. The topological polar surface area (TPSA) is 119 Å². The lowest BCUT2D eigenvalue weighted by atomic mass is 9.88. The number of aryl methyl sites for hydroxylation is 1. The first-order chi connectivity index (χ1) is 31.4. The van der Waals surface area contributed by atoms with Gasteiger partial charge in [-0.3, -0.25) is 14.1 Å². The second-order valence-electron chi connectivity index (χ2n) is 19.1. The van der Waals surface area contributed by atoms with Crippen molar-refractivity contribution < 1.29 is 19.0 Å². The molecule has 0 spiro atoms. The van der Waals surface area contributed by atoms with Crippen LogP contribution in [0.15, 0.2) is 69.4 Å². The third kappa shape index (κ3) is 10.3. The van der Waals surface area contributed by atoms with E-state index in [0.29, 0.717) is 36.9 Å². The number of ether oxygens (including phenoxy) is 3. The maximum absolute atomic E-state index is 13.7. The molecule has 65 heavy (non-hydrogen) atoms. The number of likely N-dealkylation sites (N-methyl/N-ethyl adjacent to an activating group) is 1. The Morgan fingerprint density at radius 2 is 1.63 bits per heavy atom. The SMILES string of the molecule is Cc1ncsc1-c1ccc([C@H](COCCN2CCC(c3cc4c(cc3OCCN3CCN(C)CC3)n3c5cccc(Br)c5c(=O)nc3n4C3CCCC3)CC2)NC(=O)OC(C)(C)C)cc1. The van der Waals surface area contributed by atoms with Crippen LogP contribution in [0.25, 0.3) is 38.2 Å². The van der Waals surface area contributed by atoms with Gasteiger partial charge in [-0.25, -0.2) is 9.78 Å². The van der Waals surface area contributed by atoms with Crippen LogP contribution in [-0.2, 0) is 9.47 Å². The fourth-order valence-electron chi connectivity index (χ4n) is 9.97. The summed E-state index contributed by atoms with van der Waals surface area (Å²) in [6.45, 7) is 16.9. The zero-order chi connectivity index (χ0) is 45.2. The number of hydrogen-bond donors (Lipinski definition) is 1. The predicted octanol–water partition coefficient (Wildman–Crippen LogP) is 9.20. The predicted molar refractivity (Wildman–Crippen MR) is 263 cm³/mol. The molecule has 346 valence electrons. The number of hydrogen-bond acceptors (Lipinski definition) is 11.